The van der Waals surface area contributed by atoms with Gasteiger partial charge in [-0.2, -0.15) is 0 Å². The molecule has 0 bridgehead atoms. The van der Waals surface area contributed by atoms with Crippen LogP contribution < -0.4 is 11.2 Å². The summed E-state index contributed by atoms with van der Waals surface area (Å²) >= 11 is 6.02. The Balaban J connectivity index is 2.49. The molecule has 1 aromatic rings. The number of likely N-dealkylation sites (N-methyl/N-ethyl adjacent to an activating group) is 1. The van der Waals surface area contributed by atoms with E-state index in [2.05, 4.69) is 16.8 Å². The fraction of sp³-hybridized carbons (Fsp3) is 0.714. The highest BCUT2D eigenvalue weighted by Crippen LogP contribution is 2.21. The third-order valence-electron chi connectivity index (χ3n) is 3.99. The molecule has 0 aromatic carbocycles. The highest BCUT2D eigenvalue weighted by atomic mass is 35.5. The maximum atomic E-state index is 12.6. The molecule has 0 amide bonds. The topological polar surface area (TPSA) is 58.1 Å². The molecule has 0 spiro atoms. The molecule has 2 heterocycles. The number of halogens is 1. The van der Waals surface area contributed by atoms with Gasteiger partial charge in [0, 0.05) is 6.54 Å². The molecule has 5 nitrogen and oxygen atoms in total. The van der Waals surface area contributed by atoms with Crippen LogP contribution in [0.5, 0.6) is 0 Å². The minimum atomic E-state index is -0.396. The van der Waals surface area contributed by atoms with Gasteiger partial charge in [-0.3, -0.25) is 14.3 Å². The van der Waals surface area contributed by atoms with Crippen LogP contribution in [-0.2, 0) is 0 Å². The number of hydrogen-bond donors (Lipinski definition) is 1. The summed E-state index contributed by atoms with van der Waals surface area (Å²) in [4.78, 5) is 29.6. The molecule has 0 aliphatic carbocycles. The normalized spacial score (nSPS) is 20.6. The molecule has 0 saturated carbocycles. The first-order valence-electron chi connectivity index (χ1n) is 7.22. The van der Waals surface area contributed by atoms with Crippen molar-refractivity contribution in [3.8, 4) is 0 Å². The van der Waals surface area contributed by atoms with Gasteiger partial charge in [-0.05, 0) is 31.8 Å². The van der Waals surface area contributed by atoms with E-state index in [1.807, 2.05) is 13.8 Å². The molecule has 1 saturated heterocycles. The van der Waals surface area contributed by atoms with Crippen LogP contribution in [0.4, 0.5) is 0 Å². The molecule has 0 radical (unpaired) electrons. The Kier molecular flexibility index (Phi) is 4.70. The molecular weight excluding hydrogens is 278 g/mol. The van der Waals surface area contributed by atoms with Crippen molar-refractivity contribution in [2.75, 3.05) is 19.6 Å². The minimum Gasteiger partial charge on any atom is -0.302 e. The lowest BCUT2D eigenvalue weighted by molar-refractivity contribution is 0.179. The van der Waals surface area contributed by atoms with E-state index in [0.29, 0.717) is 5.56 Å². The van der Waals surface area contributed by atoms with Crippen LogP contribution in [0.1, 0.15) is 51.1 Å². The average molecular weight is 300 g/mol. The number of likely N-dealkylation sites (tertiary alicyclic amines) is 1. The van der Waals surface area contributed by atoms with E-state index in [1.54, 1.807) is 0 Å². The summed E-state index contributed by atoms with van der Waals surface area (Å²) in [5.74, 6) is -0.0102. The van der Waals surface area contributed by atoms with Gasteiger partial charge in [0.1, 0.15) is 5.15 Å². The molecule has 1 unspecified atom stereocenters. The number of H-pyrrole nitrogens is 1. The standard InChI is InChI=1S/C14H22ClN3O2/c1-4-17-7-5-6-10(8-17)18-13(19)11(9(2)3)12(15)16-14(18)20/h9-10H,4-8H2,1-3H3,(H,16,20). The molecule has 2 rings (SSSR count). The fourth-order valence-electron chi connectivity index (χ4n) is 2.90. The summed E-state index contributed by atoms with van der Waals surface area (Å²) in [6, 6.07) is -0.0604. The van der Waals surface area contributed by atoms with E-state index in [9.17, 15) is 9.59 Å². The molecule has 20 heavy (non-hydrogen) atoms. The van der Waals surface area contributed by atoms with Gasteiger partial charge < -0.3 is 4.90 Å². The Morgan fingerprint density at radius 3 is 2.70 bits per heavy atom. The Morgan fingerprint density at radius 1 is 1.40 bits per heavy atom. The number of nitrogens with one attached hydrogen (secondary N) is 1. The molecule has 1 N–H and O–H groups in total. The summed E-state index contributed by atoms with van der Waals surface area (Å²) in [5.41, 5.74) is -0.135. The van der Waals surface area contributed by atoms with Gasteiger partial charge in [-0.15, -0.1) is 0 Å². The van der Waals surface area contributed by atoms with Gasteiger partial charge in [0.2, 0.25) is 0 Å². The van der Waals surface area contributed by atoms with Gasteiger partial charge in [-0.25, -0.2) is 4.79 Å². The second-order valence-corrected chi connectivity index (χ2v) is 6.05. The van der Waals surface area contributed by atoms with Crippen LogP contribution in [0, 0.1) is 0 Å². The molecule has 1 aromatic heterocycles. The molecule has 6 heteroatoms. The number of piperidine rings is 1. The summed E-state index contributed by atoms with van der Waals surface area (Å²) in [7, 11) is 0. The van der Waals surface area contributed by atoms with Crippen LogP contribution in [0.15, 0.2) is 9.59 Å². The largest absolute Gasteiger partial charge is 0.329 e. The van der Waals surface area contributed by atoms with Crippen molar-refractivity contribution >= 4 is 11.6 Å². The number of aromatic amines is 1. The quantitative estimate of drug-likeness (QED) is 0.868. The Morgan fingerprint density at radius 2 is 2.10 bits per heavy atom. The van der Waals surface area contributed by atoms with Crippen molar-refractivity contribution in [3.63, 3.8) is 0 Å². The Labute approximate surface area is 123 Å². The van der Waals surface area contributed by atoms with Crippen LogP contribution in [0.25, 0.3) is 0 Å². The summed E-state index contributed by atoms with van der Waals surface area (Å²) in [6.07, 6.45) is 1.86. The van der Waals surface area contributed by atoms with E-state index in [0.717, 1.165) is 32.5 Å². The van der Waals surface area contributed by atoms with Gasteiger partial charge >= 0.3 is 5.69 Å². The molecule has 1 atom stereocenters. The van der Waals surface area contributed by atoms with Crippen molar-refractivity contribution in [1.82, 2.24) is 14.5 Å². The lowest BCUT2D eigenvalue weighted by Gasteiger charge is -2.32. The molecule has 1 aliphatic rings. The van der Waals surface area contributed by atoms with Crippen LogP contribution in [0.2, 0.25) is 5.15 Å². The minimum absolute atomic E-state index is 0.0102. The average Bonchev–Trinajstić information content (AvgIpc) is 2.37. The number of hydrogen-bond acceptors (Lipinski definition) is 3. The van der Waals surface area contributed by atoms with Crippen molar-refractivity contribution in [1.29, 1.82) is 0 Å². The lowest BCUT2D eigenvalue weighted by Crippen LogP contribution is -2.46. The Bertz CT molecular complexity index is 591. The fourth-order valence-corrected chi connectivity index (χ4v) is 3.28. The van der Waals surface area contributed by atoms with Gasteiger partial charge in [0.05, 0.1) is 11.6 Å². The SMILES string of the molecule is CCN1CCCC(n2c(=O)[nH]c(Cl)c(C(C)C)c2=O)C1. The molecular formula is C14H22ClN3O2. The number of aromatic nitrogens is 2. The van der Waals surface area contributed by atoms with E-state index in [1.165, 1.54) is 4.57 Å². The van der Waals surface area contributed by atoms with Gasteiger partial charge in [0.25, 0.3) is 5.56 Å². The Hall–Kier alpha value is -1.07. The van der Waals surface area contributed by atoms with Crippen molar-refractivity contribution in [3.05, 3.63) is 31.6 Å². The van der Waals surface area contributed by atoms with Gasteiger partial charge in [0.15, 0.2) is 0 Å². The zero-order valence-electron chi connectivity index (χ0n) is 12.3. The molecule has 112 valence electrons. The summed E-state index contributed by atoms with van der Waals surface area (Å²) in [5, 5.41) is 0.175. The summed E-state index contributed by atoms with van der Waals surface area (Å²) < 4.78 is 1.36. The van der Waals surface area contributed by atoms with E-state index >= 15 is 0 Å². The lowest BCUT2D eigenvalue weighted by atomic mass is 10.0. The maximum Gasteiger partial charge on any atom is 0.329 e. The third kappa shape index (κ3) is 2.83. The predicted octanol–water partition coefficient (Wildman–Crippen LogP) is 1.97. The summed E-state index contributed by atoms with van der Waals surface area (Å²) in [6.45, 7) is 8.63. The number of nitrogens with zero attached hydrogens (tertiary/aromatic N) is 2. The van der Waals surface area contributed by atoms with E-state index < -0.39 is 5.69 Å². The van der Waals surface area contributed by atoms with Crippen molar-refractivity contribution < 1.29 is 0 Å². The second kappa shape index (κ2) is 6.14. The third-order valence-corrected chi connectivity index (χ3v) is 4.29. The van der Waals surface area contributed by atoms with E-state index in [4.69, 9.17) is 11.6 Å². The zero-order chi connectivity index (χ0) is 14.9. The van der Waals surface area contributed by atoms with Crippen molar-refractivity contribution in [2.24, 2.45) is 0 Å². The monoisotopic (exact) mass is 299 g/mol. The first kappa shape index (κ1) is 15.3. The first-order chi connectivity index (χ1) is 9.45. The highest BCUT2D eigenvalue weighted by Gasteiger charge is 2.25. The molecule has 1 aliphatic heterocycles. The van der Waals surface area contributed by atoms with Crippen LogP contribution in [0.3, 0.4) is 0 Å². The second-order valence-electron chi connectivity index (χ2n) is 5.68. The van der Waals surface area contributed by atoms with E-state index in [-0.39, 0.29) is 22.7 Å². The maximum absolute atomic E-state index is 12.6. The first-order valence-corrected chi connectivity index (χ1v) is 7.60. The molecule has 1 fully saturated rings. The van der Waals surface area contributed by atoms with Crippen LogP contribution >= 0.6 is 11.6 Å². The highest BCUT2D eigenvalue weighted by molar-refractivity contribution is 6.30. The van der Waals surface area contributed by atoms with Crippen LogP contribution in [-0.4, -0.2) is 34.1 Å². The number of rotatable bonds is 3. The van der Waals surface area contributed by atoms with Crippen molar-refractivity contribution in [2.45, 2.75) is 45.6 Å². The zero-order valence-corrected chi connectivity index (χ0v) is 13.0. The van der Waals surface area contributed by atoms with Gasteiger partial charge in [-0.1, -0.05) is 32.4 Å². The predicted molar refractivity (Wildman–Crippen MR) is 80.8 cm³/mol. The smallest absolute Gasteiger partial charge is 0.302 e.